The summed E-state index contributed by atoms with van der Waals surface area (Å²) in [6, 6.07) is 0. The predicted molar refractivity (Wildman–Crippen MR) is 56.5 cm³/mol. The number of carbonyl (C=O) groups excluding carboxylic acids is 2. The van der Waals surface area contributed by atoms with Crippen LogP contribution in [0.3, 0.4) is 0 Å². The molecule has 0 aromatic heterocycles. The van der Waals surface area contributed by atoms with Crippen molar-refractivity contribution in [3.8, 4) is 0 Å². The molecule has 2 fully saturated rings. The fourth-order valence-electron chi connectivity index (χ4n) is 3.23. The molecule has 0 aromatic carbocycles. The van der Waals surface area contributed by atoms with E-state index in [0.717, 1.165) is 12.8 Å². The molecule has 90 valence electrons. The topological polar surface area (TPSA) is 52.6 Å². The highest BCUT2D eigenvalue weighted by Gasteiger charge is 2.49. The lowest BCUT2D eigenvalue weighted by Crippen LogP contribution is -2.25. The number of hydrogen-bond acceptors (Lipinski definition) is 4. The van der Waals surface area contributed by atoms with E-state index in [1.807, 2.05) is 0 Å². The van der Waals surface area contributed by atoms with Crippen molar-refractivity contribution in [1.82, 2.24) is 0 Å². The van der Waals surface area contributed by atoms with Crippen LogP contribution in [-0.4, -0.2) is 24.6 Å². The highest BCUT2D eigenvalue weighted by molar-refractivity contribution is 5.66. The molecular formula is C12H18O4. The molecule has 0 N–H and O–H groups in total. The largest absolute Gasteiger partial charge is 0.466 e. The lowest BCUT2D eigenvalue weighted by molar-refractivity contribution is -0.150. The van der Waals surface area contributed by atoms with Crippen molar-refractivity contribution in [2.24, 2.45) is 17.8 Å². The lowest BCUT2D eigenvalue weighted by atomic mass is 9.97. The summed E-state index contributed by atoms with van der Waals surface area (Å²) in [6.45, 7) is 3.37. The van der Waals surface area contributed by atoms with Crippen LogP contribution in [0.15, 0.2) is 0 Å². The third-order valence-corrected chi connectivity index (χ3v) is 3.84. The summed E-state index contributed by atoms with van der Waals surface area (Å²) in [7, 11) is 0. The van der Waals surface area contributed by atoms with E-state index in [1.165, 1.54) is 20.3 Å². The number of rotatable bonds is 3. The van der Waals surface area contributed by atoms with Crippen LogP contribution in [0.25, 0.3) is 0 Å². The van der Waals surface area contributed by atoms with Crippen molar-refractivity contribution in [2.45, 2.75) is 39.2 Å². The molecule has 2 bridgehead atoms. The lowest BCUT2D eigenvalue weighted by Gasteiger charge is -2.21. The maximum absolute atomic E-state index is 10.9. The second-order valence-corrected chi connectivity index (χ2v) is 4.85. The van der Waals surface area contributed by atoms with Crippen molar-refractivity contribution < 1.29 is 19.1 Å². The standard InChI is InChI=1S/C12H18O4/c1-7(13)15-6-11-9-3-4-10(11)12(5-9)16-8(2)14/h9-12H,3-6H2,1-2H3. The van der Waals surface area contributed by atoms with Crippen molar-refractivity contribution in [2.75, 3.05) is 6.61 Å². The minimum atomic E-state index is -0.227. The Balaban J connectivity index is 1.91. The van der Waals surface area contributed by atoms with Crippen molar-refractivity contribution >= 4 is 11.9 Å². The first kappa shape index (κ1) is 11.4. The quantitative estimate of drug-likeness (QED) is 0.685. The molecule has 2 aliphatic carbocycles. The van der Waals surface area contributed by atoms with E-state index in [2.05, 4.69) is 0 Å². The molecule has 2 aliphatic rings. The summed E-state index contributed by atoms with van der Waals surface area (Å²) < 4.78 is 10.4. The van der Waals surface area contributed by atoms with E-state index in [4.69, 9.17) is 9.47 Å². The summed E-state index contributed by atoms with van der Waals surface area (Å²) >= 11 is 0. The third kappa shape index (κ3) is 2.20. The van der Waals surface area contributed by atoms with Crippen LogP contribution in [-0.2, 0) is 19.1 Å². The van der Waals surface area contributed by atoms with Gasteiger partial charge in [0.2, 0.25) is 0 Å². The Morgan fingerprint density at radius 1 is 1.19 bits per heavy atom. The fourth-order valence-corrected chi connectivity index (χ4v) is 3.23. The van der Waals surface area contributed by atoms with Gasteiger partial charge in [-0.25, -0.2) is 0 Å². The molecule has 0 saturated heterocycles. The SMILES string of the molecule is CC(=O)OCC1C2CCC1C(OC(C)=O)C2. The van der Waals surface area contributed by atoms with Gasteiger partial charge in [0.1, 0.15) is 6.10 Å². The third-order valence-electron chi connectivity index (χ3n) is 3.84. The van der Waals surface area contributed by atoms with E-state index >= 15 is 0 Å². The Hall–Kier alpha value is -1.06. The van der Waals surface area contributed by atoms with Gasteiger partial charge in [-0.3, -0.25) is 9.59 Å². The molecule has 0 amide bonds. The van der Waals surface area contributed by atoms with Gasteiger partial charge in [-0.2, -0.15) is 0 Å². The van der Waals surface area contributed by atoms with Crippen molar-refractivity contribution in [3.05, 3.63) is 0 Å². The van der Waals surface area contributed by atoms with Gasteiger partial charge in [-0.15, -0.1) is 0 Å². The molecule has 2 saturated carbocycles. The highest BCUT2D eigenvalue weighted by Crippen LogP contribution is 2.50. The number of fused-ring (bicyclic) bond motifs is 2. The Labute approximate surface area is 95.3 Å². The highest BCUT2D eigenvalue weighted by atomic mass is 16.5. The van der Waals surface area contributed by atoms with Gasteiger partial charge in [-0.05, 0) is 25.2 Å². The number of carbonyl (C=O) groups is 2. The first-order valence-corrected chi connectivity index (χ1v) is 5.88. The summed E-state index contributed by atoms with van der Waals surface area (Å²) in [5.74, 6) is 0.925. The summed E-state index contributed by atoms with van der Waals surface area (Å²) in [4.78, 5) is 21.7. The average Bonchev–Trinajstić information content (AvgIpc) is 2.69. The Kier molecular flexibility index (Phi) is 3.17. The molecule has 4 nitrogen and oxygen atoms in total. The second kappa shape index (κ2) is 4.44. The molecule has 16 heavy (non-hydrogen) atoms. The minimum Gasteiger partial charge on any atom is -0.466 e. The molecule has 4 atom stereocenters. The van der Waals surface area contributed by atoms with Gasteiger partial charge >= 0.3 is 11.9 Å². The van der Waals surface area contributed by atoms with Crippen LogP contribution >= 0.6 is 0 Å². The zero-order valence-electron chi connectivity index (χ0n) is 9.77. The average molecular weight is 226 g/mol. The van der Waals surface area contributed by atoms with E-state index in [1.54, 1.807) is 0 Å². The normalized spacial score (nSPS) is 36.1. The fraction of sp³-hybridized carbons (Fsp3) is 0.833. The second-order valence-electron chi connectivity index (χ2n) is 4.85. The number of ether oxygens (including phenoxy) is 2. The van der Waals surface area contributed by atoms with Crippen LogP contribution in [0.4, 0.5) is 0 Å². The van der Waals surface area contributed by atoms with Crippen LogP contribution in [0.5, 0.6) is 0 Å². The maximum Gasteiger partial charge on any atom is 0.302 e. The molecule has 0 radical (unpaired) electrons. The summed E-state index contributed by atoms with van der Waals surface area (Å²) in [6.07, 6.45) is 3.26. The van der Waals surface area contributed by atoms with Gasteiger partial charge < -0.3 is 9.47 Å². The molecule has 4 unspecified atom stereocenters. The smallest absolute Gasteiger partial charge is 0.302 e. The van der Waals surface area contributed by atoms with Crippen LogP contribution in [0, 0.1) is 17.8 Å². The van der Waals surface area contributed by atoms with Crippen LogP contribution in [0.1, 0.15) is 33.1 Å². The van der Waals surface area contributed by atoms with Gasteiger partial charge in [0.15, 0.2) is 0 Å². The van der Waals surface area contributed by atoms with E-state index in [9.17, 15) is 9.59 Å². The first-order chi connectivity index (χ1) is 7.58. The molecular weight excluding hydrogens is 208 g/mol. The summed E-state index contributed by atoms with van der Waals surface area (Å²) in [5, 5.41) is 0. The van der Waals surface area contributed by atoms with E-state index in [0.29, 0.717) is 24.4 Å². The molecule has 0 heterocycles. The zero-order valence-corrected chi connectivity index (χ0v) is 9.77. The molecule has 4 heteroatoms. The van der Waals surface area contributed by atoms with E-state index in [-0.39, 0.29) is 18.0 Å². The molecule has 0 spiro atoms. The molecule has 0 aliphatic heterocycles. The van der Waals surface area contributed by atoms with Gasteiger partial charge in [0.05, 0.1) is 6.61 Å². The Morgan fingerprint density at radius 3 is 2.56 bits per heavy atom. The van der Waals surface area contributed by atoms with Crippen LogP contribution < -0.4 is 0 Å². The Morgan fingerprint density at radius 2 is 1.94 bits per heavy atom. The number of hydrogen-bond donors (Lipinski definition) is 0. The molecule has 2 rings (SSSR count). The van der Waals surface area contributed by atoms with Crippen molar-refractivity contribution in [1.29, 1.82) is 0 Å². The summed E-state index contributed by atoms with van der Waals surface area (Å²) in [5.41, 5.74) is 0. The Bertz CT molecular complexity index is 299. The zero-order chi connectivity index (χ0) is 11.7. The number of esters is 2. The predicted octanol–water partition coefficient (Wildman–Crippen LogP) is 1.53. The van der Waals surface area contributed by atoms with Gasteiger partial charge in [-0.1, -0.05) is 0 Å². The van der Waals surface area contributed by atoms with Crippen molar-refractivity contribution in [3.63, 3.8) is 0 Å². The van der Waals surface area contributed by atoms with E-state index < -0.39 is 0 Å². The molecule has 0 aromatic rings. The maximum atomic E-state index is 10.9. The van der Waals surface area contributed by atoms with Gasteiger partial charge in [0.25, 0.3) is 0 Å². The van der Waals surface area contributed by atoms with Crippen LogP contribution in [0.2, 0.25) is 0 Å². The van der Waals surface area contributed by atoms with Gasteiger partial charge in [0, 0.05) is 25.7 Å². The first-order valence-electron chi connectivity index (χ1n) is 5.88. The monoisotopic (exact) mass is 226 g/mol. The minimum absolute atomic E-state index is 0.0526.